The van der Waals surface area contributed by atoms with E-state index in [0.29, 0.717) is 19.5 Å². The number of pyridine rings is 1. The Labute approximate surface area is 186 Å². The summed E-state index contributed by atoms with van der Waals surface area (Å²) >= 11 is 0. The summed E-state index contributed by atoms with van der Waals surface area (Å²) in [6.07, 6.45) is 5.79. The number of rotatable bonds is 5. The second kappa shape index (κ2) is 9.21. The van der Waals surface area contributed by atoms with Gasteiger partial charge in [0, 0.05) is 36.9 Å². The van der Waals surface area contributed by atoms with Crippen LogP contribution in [0, 0.1) is 10.8 Å². The van der Waals surface area contributed by atoms with E-state index < -0.39 is 10.8 Å². The van der Waals surface area contributed by atoms with Crippen molar-refractivity contribution in [2.75, 3.05) is 13.1 Å². The topological polar surface area (TPSA) is 62.3 Å². The van der Waals surface area contributed by atoms with E-state index in [4.69, 9.17) is 0 Å². The zero-order valence-electron chi connectivity index (χ0n) is 19.4. The van der Waals surface area contributed by atoms with Gasteiger partial charge in [-0.15, -0.1) is 0 Å². The van der Waals surface area contributed by atoms with Gasteiger partial charge in [-0.1, -0.05) is 45.0 Å². The van der Waals surface area contributed by atoms with Crippen molar-refractivity contribution in [1.29, 1.82) is 0 Å². The maximum Gasteiger partial charge on any atom is 0.228 e. The number of amides is 2. The molecule has 1 saturated heterocycles. The fourth-order valence-electron chi connectivity index (χ4n) is 4.40. The Morgan fingerprint density at radius 3 is 2.48 bits per heavy atom. The van der Waals surface area contributed by atoms with Crippen LogP contribution in [-0.4, -0.2) is 40.8 Å². The lowest BCUT2D eigenvalue weighted by Crippen LogP contribution is -2.56. The first-order valence-corrected chi connectivity index (χ1v) is 11.2. The van der Waals surface area contributed by atoms with Crippen LogP contribution in [0.2, 0.25) is 0 Å². The molecule has 0 radical (unpaired) electrons. The molecule has 1 fully saturated rings. The Morgan fingerprint density at radius 1 is 1.13 bits per heavy atom. The van der Waals surface area contributed by atoms with Crippen molar-refractivity contribution < 1.29 is 9.59 Å². The molecule has 1 aliphatic rings. The van der Waals surface area contributed by atoms with E-state index >= 15 is 0 Å². The van der Waals surface area contributed by atoms with Crippen molar-refractivity contribution in [3.05, 3.63) is 54.4 Å². The van der Waals surface area contributed by atoms with Crippen molar-refractivity contribution in [2.24, 2.45) is 10.8 Å². The zero-order valence-corrected chi connectivity index (χ0v) is 19.4. The third kappa shape index (κ3) is 5.52. The van der Waals surface area contributed by atoms with Crippen LogP contribution in [0.25, 0.3) is 11.1 Å². The summed E-state index contributed by atoms with van der Waals surface area (Å²) in [4.78, 5) is 32.5. The summed E-state index contributed by atoms with van der Waals surface area (Å²) in [5.41, 5.74) is 2.24. The molecule has 0 bridgehead atoms. The molecule has 166 valence electrons. The maximum absolute atomic E-state index is 13.5. The molecular formula is C26H35N3O2. The monoisotopic (exact) mass is 421 g/mol. The molecule has 0 saturated carbocycles. The number of hydrogen-bond donors (Lipinski definition) is 1. The predicted octanol–water partition coefficient (Wildman–Crippen LogP) is 4.47. The maximum atomic E-state index is 13.5. The summed E-state index contributed by atoms with van der Waals surface area (Å²) in [5, 5.41) is 3.13. The molecule has 2 aromatic rings. The van der Waals surface area contributed by atoms with E-state index in [2.05, 4.69) is 28.5 Å². The summed E-state index contributed by atoms with van der Waals surface area (Å²) < 4.78 is 0. The number of nitrogens with one attached hydrogen (secondary N) is 1. The summed E-state index contributed by atoms with van der Waals surface area (Å²) in [5.74, 6) is 0.155. The number of piperidine rings is 1. The Hall–Kier alpha value is -2.69. The van der Waals surface area contributed by atoms with Crippen LogP contribution in [0.1, 0.15) is 53.0 Å². The fourth-order valence-corrected chi connectivity index (χ4v) is 4.40. The highest BCUT2D eigenvalue weighted by Crippen LogP contribution is 2.36. The normalized spacial score (nSPS) is 19.4. The minimum Gasteiger partial charge on any atom is -0.353 e. The van der Waals surface area contributed by atoms with Gasteiger partial charge in [-0.3, -0.25) is 14.6 Å². The lowest BCUT2D eigenvalue weighted by Gasteiger charge is -2.44. The van der Waals surface area contributed by atoms with Crippen molar-refractivity contribution >= 4 is 11.8 Å². The summed E-state index contributed by atoms with van der Waals surface area (Å²) in [7, 11) is 0. The Bertz CT molecular complexity index is 918. The Kier molecular flexibility index (Phi) is 6.83. The molecule has 5 heteroatoms. The van der Waals surface area contributed by atoms with Crippen LogP contribution < -0.4 is 5.32 Å². The second-order valence-corrected chi connectivity index (χ2v) is 10.1. The van der Waals surface area contributed by atoms with Gasteiger partial charge < -0.3 is 10.2 Å². The quantitative estimate of drug-likeness (QED) is 0.775. The Balaban J connectivity index is 1.93. The molecule has 3 rings (SSSR count). The van der Waals surface area contributed by atoms with Crippen LogP contribution in [-0.2, 0) is 16.0 Å². The molecule has 2 heterocycles. The second-order valence-electron chi connectivity index (χ2n) is 10.1. The molecule has 0 spiro atoms. The number of nitrogens with zero attached hydrogens (tertiary/aromatic N) is 2. The van der Waals surface area contributed by atoms with E-state index in [1.807, 2.05) is 57.7 Å². The zero-order chi connectivity index (χ0) is 22.6. The largest absolute Gasteiger partial charge is 0.353 e. The number of carbonyl (C=O) groups excluding carboxylic acids is 2. The van der Waals surface area contributed by atoms with Crippen molar-refractivity contribution in [1.82, 2.24) is 15.2 Å². The van der Waals surface area contributed by atoms with Crippen LogP contribution in [0.5, 0.6) is 0 Å². The standard InChI is InChI=1S/C26H35N3O2/c1-19(2)28-23(30)26(12-7-15-29(18-26)24(31)25(3,4)5)17-20-8-6-9-22(16-20)21-10-13-27-14-11-21/h6,8-11,13-14,16,19H,7,12,15,17-18H2,1-5H3,(H,28,30)/t26-/m0/s1. The van der Waals surface area contributed by atoms with E-state index in [-0.39, 0.29) is 17.9 Å². The van der Waals surface area contributed by atoms with Gasteiger partial charge in [0.15, 0.2) is 0 Å². The van der Waals surface area contributed by atoms with Crippen molar-refractivity contribution in [2.45, 2.75) is 59.9 Å². The SMILES string of the molecule is CC(C)NC(=O)[C@]1(Cc2cccc(-c3ccncc3)c2)CCCN(C(=O)C(C)(C)C)C1. The highest BCUT2D eigenvalue weighted by Gasteiger charge is 2.45. The smallest absolute Gasteiger partial charge is 0.228 e. The number of aromatic nitrogens is 1. The third-order valence-corrected chi connectivity index (χ3v) is 5.89. The lowest BCUT2D eigenvalue weighted by atomic mass is 9.73. The first-order valence-electron chi connectivity index (χ1n) is 11.2. The van der Waals surface area contributed by atoms with Crippen LogP contribution in [0.15, 0.2) is 48.8 Å². The minimum absolute atomic E-state index is 0.0447. The van der Waals surface area contributed by atoms with Gasteiger partial charge in [0.2, 0.25) is 11.8 Å². The fraction of sp³-hybridized carbons (Fsp3) is 0.500. The molecule has 5 nitrogen and oxygen atoms in total. The van der Waals surface area contributed by atoms with Gasteiger partial charge >= 0.3 is 0 Å². The number of carbonyl (C=O) groups is 2. The molecular weight excluding hydrogens is 386 g/mol. The van der Waals surface area contributed by atoms with Gasteiger partial charge in [-0.2, -0.15) is 0 Å². The molecule has 1 aromatic heterocycles. The predicted molar refractivity (Wildman–Crippen MR) is 124 cm³/mol. The minimum atomic E-state index is -0.625. The van der Waals surface area contributed by atoms with Gasteiger partial charge in [0.1, 0.15) is 0 Å². The lowest BCUT2D eigenvalue weighted by molar-refractivity contribution is -0.147. The molecule has 0 unspecified atom stereocenters. The number of benzene rings is 1. The van der Waals surface area contributed by atoms with Crippen molar-refractivity contribution in [3.8, 4) is 11.1 Å². The summed E-state index contributed by atoms with van der Waals surface area (Å²) in [6, 6.07) is 12.4. The molecule has 1 atom stereocenters. The average Bonchev–Trinajstić information content (AvgIpc) is 2.73. The molecule has 1 aromatic carbocycles. The number of hydrogen-bond acceptors (Lipinski definition) is 3. The molecule has 1 N–H and O–H groups in total. The first kappa shape index (κ1) is 23.0. The van der Waals surface area contributed by atoms with E-state index in [1.165, 1.54) is 0 Å². The summed E-state index contributed by atoms with van der Waals surface area (Å²) in [6.45, 7) is 11.0. The highest BCUT2D eigenvalue weighted by atomic mass is 16.2. The molecule has 31 heavy (non-hydrogen) atoms. The van der Waals surface area contributed by atoms with Gasteiger partial charge in [0.05, 0.1) is 5.41 Å². The van der Waals surface area contributed by atoms with Gasteiger partial charge in [-0.05, 0) is 61.9 Å². The van der Waals surface area contributed by atoms with E-state index in [0.717, 1.165) is 29.5 Å². The van der Waals surface area contributed by atoms with Gasteiger partial charge in [0.25, 0.3) is 0 Å². The van der Waals surface area contributed by atoms with Crippen LogP contribution in [0.4, 0.5) is 0 Å². The van der Waals surface area contributed by atoms with Crippen LogP contribution in [0.3, 0.4) is 0 Å². The highest BCUT2D eigenvalue weighted by molar-refractivity contribution is 5.86. The third-order valence-electron chi connectivity index (χ3n) is 5.89. The van der Waals surface area contributed by atoms with Crippen LogP contribution >= 0.6 is 0 Å². The number of likely N-dealkylation sites (tertiary alicyclic amines) is 1. The Morgan fingerprint density at radius 2 is 1.84 bits per heavy atom. The van der Waals surface area contributed by atoms with E-state index in [9.17, 15) is 9.59 Å². The van der Waals surface area contributed by atoms with Crippen molar-refractivity contribution in [3.63, 3.8) is 0 Å². The molecule has 0 aliphatic carbocycles. The average molecular weight is 422 g/mol. The molecule has 2 amide bonds. The van der Waals surface area contributed by atoms with E-state index in [1.54, 1.807) is 12.4 Å². The molecule has 1 aliphatic heterocycles. The van der Waals surface area contributed by atoms with Gasteiger partial charge in [-0.25, -0.2) is 0 Å². The first-order chi connectivity index (χ1) is 14.6.